The van der Waals surface area contributed by atoms with Crippen LogP contribution in [-0.4, -0.2) is 44.7 Å². The maximum Gasteiger partial charge on any atom is 0.350 e. The number of rotatable bonds is 6. The average Bonchev–Trinajstić information content (AvgIpc) is 2.59. The molecule has 96 valence electrons. The average molecular weight is 257 g/mol. The number of esters is 1. The quantitative estimate of drug-likeness (QED) is 0.756. The van der Waals surface area contributed by atoms with Crippen LogP contribution in [0, 0.1) is 0 Å². The van der Waals surface area contributed by atoms with Gasteiger partial charge in [-0.25, -0.2) is 4.79 Å². The molecule has 5 nitrogen and oxygen atoms in total. The summed E-state index contributed by atoms with van der Waals surface area (Å²) >= 11 is 1.33. The number of nitrogens with two attached hydrogens (primary N) is 1. The van der Waals surface area contributed by atoms with E-state index in [1.54, 1.807) is 13.0 Å². The first-order valence-corrected chi connectivity index (χ1v) is 6.31. The number of nitrogens with one attached hydrogen (secondary N) is 1. The molecule has 0 bridgehead atoms. The summed E-state index contributed by atoms with van der Waals surface area (Å²) in [5.74, 6) is -0.351. The summed E-state index contributed by atoms with van der Waals surface area (Å²) in [6.45, 7) is 3.87. The molecule has 0 amide bonds. The van der Waals surface area contributed by atoms with Gasteiger partial charge in [0.05, 0.1) is 17.3 Å². The van der Waals surface area contributed by atoms with Gasteiger partial charge >= 0.3 is 5.97 Å². The third-order valence-electron chi connectivity index (χ3n) is 2.08. The van der Waals surface area contributed by atoms with Gasteiger partial charge in [0, 0.05) is 13.1 Å². The van der Waals surface area contributed by atoms with Gasteiger partial charge in [0.25, 0.3) is 0 Å². The Labute approximate surface area is 106 Å². The molecular weight excluding hydrogens is 238 g/mol. The highest BCUT2D eigenvalue weighted by molar-refractivity contribution is 7.18. The van der Waals surface area contributed by atoms with Crippen molar-refractivity contribution in [3.63, 3.8) is 0 Å². The second-order valence-electron chi connectivity index (χ2n) is 3.85. The fraction of sp³-hybridized carbons (Fsp3) is 0.545. The first-order chi connectivity index (χ1) is 8.04. The summed E-state index contributed by atoms with van der Waals surface area (Å²) < 4.78 is 4.92. The smallest absolute Gasteiger partial charge is 0.350 e. The van der Waals surface area contributed by atoms with Gasteiger partial charge in [-0.2, -0.15) is 0 Å². The molecule has 1 aromatic rings. The number of likely N-dealkylation sites (N-methyl/N-ethyl adjacent to an activating group) is 1. The van der Waals surface area contributed by atoms with E-state index in [2.05, 4.69) is 10.2 Å². The molecule has 0 radical (unpaired) electrons. The number of nitrogens with zero attached hydrogens (tertiary/aromatic N) is 1. The van der Waals surface area contributed by atoms with Crippen LogP contribution in [0.4, 0.5) is 10.7 Å². The normalized spacial score (nSPS) is 10.6. The third-order valence-corrected chi connectivity index (χ3v) is 3.17. The van der Waals surface area contributed by atoms with E-state index in [1.165, 1.54) is 11.3 Å². The van der Waals surface area contributed by atoms with Crippen molar-refractivity contribution < 1.29 is 9.53 Å². The van der Waals surface area contributed by atoms with Crippen LogP contribution in [0.3, 0.4) is 0 Å². The first-order valence-electron chi connectivity index (χ1n) is 5.49. The molecule has 0 spiro atoms. The molecule has 3 N–H and O–H groups in total. The Kier molecular flexibility index (Phi) is 5.24. The van der Waals surface area contributed by atoms with Gasteiger partial charge in [0.15, 0.2) is 0 Å². The number of nitrogen functional groups attached to an aromatic ring is 1. The number of carbonyl (C=O) groups excluding carboxylic acids is 1. The number of hydrogen-bond donors (Lipinski definition) is 2. The van der Waals surface area contributed by atoms with E-state index >= 15 is 0 Å². The molecule has 0 unspecified atom stereocenters. The fourth-order valence-electron chi connectivity index (χ4n) is 1.25. The molecule has 0 atom stereocenters. The van der Waals surface area contributed by atoms with Crippen LogP contribution in [0.2, 0.25) is 0 Å². The maximum absolute atomic E-state index is 11.5. The zero-order valence-corrected chi connectivity index (χ0v) is 11.3. The predicted molar refractivity (Wildman–Crippen MR) is 71.7 cm³/mol. The summed E-state index contributed by atoms with van der Waals surface area (Å²) in [5.41, 5.74) is 6.24. The Morgan fingerprint density at radius 2 is 2.29 bits per heavy atom. The highest BCUT2D eigenvalue weighted by Gasteiger charge is 2.15. The van der Waals surface area contributed by atoms with Crippen molar-refractivity contribution in [3.8, 4) is 0 Å². The minimum absolute atomic E-state index is 0.351. The molecule has 0 aromatic carbocycles. The largest absolute Gasteiger partial charge is 0.462 e. The van der Waals surface area contributed by atoms with Gasteiger partial charge in [-0.1, -0.05) is 0 Å². The van der Waals surface area contributed by atoms with Crippen molar-refractivity contribution in [2.45, 2.75) is 6.92 Å². The van der Waals surface area contributed by atoms with E-state index in [4.69, 9.17) is 10.5 Å². The Morgan fingerprint density at radius 1 is 1.59 bits per heavy atom. The van der Waals surface area contributed by atoms with E-state index in [0.717, 1.165) is 18.1 Å². The van der Waals surface area contributed by atoms with Gasteiger partial charge in [-0.3, -0.25) is 0 Å². The molecule has 6 heteroatoms. The van der Waals surface area contributed by atoms with Crippen LogP contribution in [0.15, 0.2) is 6.07 Å². The lowest BCUT2D eigenvalue weighted by Crippen LogP contribution is -2.20. The Hall–Kier alpha value is -1.27. The monoisotopic (exact) mass is 257 g/mol. The number of hydrogen-bond acceptors (Lipinski definition) is 6. The summed E-state index contributed by atoms with van der Waals surface area (Å²) in [5, 5.41) is 4.12. The topological polar surface area (TPSA) is 67.6 Å². The van der Waals surface area contributed by atoms with E-state index in [1.807, 2.05) is 14.1 Å². The van der Waals surface area contributed by atoms with Crippen LogP contribution >= 0.6 is 11.3 Å². The molecule has 0 saturated heterocycles. The molecule has 0 saturated carbocycles. The summed E-state index contributed by atoms with van der Waals surface area (Å²) in [6.07, 6.45) is 0. The number of ether oxygens (including phenoxy) is 1. The van der Waals surface area contributed by atoms with Crippen molar-refractivity contribution >= 4 is 28.0 Å². The zero-order valence-electron chi connectivity index (χ0n) is 10.4. The zero-order chi connectivity index (χ0) is 12.8. The summed E-state index contributed by atoms with van der Waals surface area (Å²) in [7, 11) is 4.02. The fourth-order valence-corrected chi connectivity index (χ4v) is 2.15. The SMILES string of the molecule is CCOC(=O)c1sc(NCCN(C)C)cc1N. The van der Waals surface area contributed by atoms with Gasteiger partial charge in [0.1, 0.15) is 4.88 Å². The van der Waals surface area contributed by atoms with E-state index in [9.17, 15) is 4.79 Å². The Bertz CT molecular complexity index is 377. The molecule has 0 aliphatic heterocycles. The van der Waals surface area contributed by atoms with Crippen molar-refractivity contribution in [2.75, 3.05) is 44.8 Å². The summed E-state index contributed by atoms with van der Waals surface area (Å²) in [4.78, 5) is 14.1. The minimum atomic E-state index is -0.351. The van der Waals surface area contributed by atoms with Crippen molar-refractivity contribution in [1.29, 1.82) is 0 Å². The van der Waals surface area contributed by atoms with Crippen molar-refractivity contribution in [3.05, 3.63) is 10.9 Å². The van der Waals surface area contributed by atoms with Crippen LogP contribution in [0.1, 0.15) is 16.6 Å². The van der Waals surface area contributed by atoms with Gasteiger partial charge in [0.2, 0.25) is 0 Å². The van der Waals surface area contributed by atoms with Crippen LogP contribution in [-0.2, 0) is 4.74 Å². The van der Waals surface area contributed by atoms with Gasteiger partial charge in [-0.05, 0) is 27.1 Å². The number of carbonyl (C=O) groups is 1. The first kappa shape index (κ1) is 13.8. The van der Waals surface area contributed by atoms with Gasteiger partial charge < -0.3 is 20.7 Å². The predicted octanol–water partition coefficient (Wildman–Crippen LogP) is 1.48. The van der Waals surface area contributed by atoms with E-state index in [-0.39, 0.29) is 5.97 Å². The van der Waals surface area contributed by atoms with E-state index < -0.39 is 0 Å². The molecule has 1 aromatic heterocycles. The standard InChI is InChI=1S/C11H19N3O2S/c1-4-16-11(15)10-8(12)7-9(17-10)13-5-6-14(2)3/h7,13H,4-6,12H2,1-3H3. The number of anilines is 2. The molecule has 0 aliphatic carbocycles. The second kappa shape index (κ2) is 6.46. The van der Waals surface area contributed by atoms with Crippen LogP contribution < -0.4 is 11.1 Å². The van der Waals surface area contributed by atoms with Crippen LogP contribution in [0.25, 0.3) is 0 Å². The third kappa shape index (κ3) is 4.24. The Morgan fingerprint density at radius 3 is 2.88 bits per heavy atom. The molecule has 0 aliphatic rings. The van der Waals surface area contributed by atoms with Gasteiger partial charge in [-0.15, -0.1) is 11.3 Å². The van der Waals surface area contributed by atoms with E-state index in [0.29, 0.717) is 17.2 Å². The Balaban J connectivity index is 2.58. The van der Waals surface area contributed by atoms with Crippen molar-refractivity contribution in [1.82, 2.24) is 4.90 Å². The minimum Gasteiger partial charge on any atom is -0.462 e. The lowest BCUT2D eigenvalue weighted by Gasteiger charge is -2.09. The lowest BCUT2D eigenvalue weighted by atomic mass is 10.4. The highest BCUT2D eigenvalue weighted by Crippen LogP contribution is 2.29. The van der Waals surface area contributed by atoms with Crippen molar-refractivity contribution in [2.24, 2.45) is 0 Å². The van der Waals surface area contributed by atoms with Crippen LogP contribution in [0.5, 0.6) is 0 Å². The lowest BCUT2D eigenvalue weighted by molar-refractivity contribution is 0.0533. The molecule has 0 fully saturated rings. The second-order valence-corrected chi connectivity index (χ2v) is 4.90. The molecule has 1 heterocycles. The molecule has 1 rings (SSSR count). The summed E-state index contributed by atoms with van der Waals surface area (Å²) in [6, 6.07) is 1.77. The highest BCUT2D eigenvalue weighted by atomic mass is 32.1. The number of thiophene rings is 1. The maximum atomic E-state index is 11.5. The molecular formula is C11H19N3O2S. The molecule has 17 heavy (non-hydrogen) atoms.